The molecule has 1 aliphatic heterocycles. The Balaban J connectivity index is 2.13. The lowest BCUT2D eigenvalue weighted by molar-refractivity contribution is -0.0154. The average molecular weight is 256 g/mol. The molecule has 1 fully saturated rings. The number of hydrogen-bond acceptors (Lipinski definition) is 8. The highest BCUT2D eigenvalue weighted by molar-refractivity contribution is 5.54. The zero-order valence-electron chi connectivity index (χ0n) is 9.82. The first-order chi connectivity index (χ1) is 8.54. The van der Waals surface area contributed by atoms with Gasteiger partial charge in [-0.15, -0.1) is 0 Å². The van der Waals surface area contributed by atoms with Gasteiger partial charge in [0.2, 0.25) is 0 Å². The summed E-state index contributed by atoms with van der Waals surface area (Å²) in [6.45, 7) is 1.35. The summed E-state index contributed by atoms with van der Waals surface area (Å²) in [5, 5.41) is 31.1. The van der Waals surface area contributed by atoms with E-state index in [0.717, 1.165) is 0 Å². The second kappa shape index (κ2) is 5.02. The van der Waals surface area contributed by atoms with Crippen molar-refractivity contribution in [1.82, 2.24) is 9.97 Å². The molecule has 2 heterocycles. The molecule has 0 aliphatic carbocycles. The van der Waals surface area contributed by atoms with E-state index in [1.54, 1.807) is 6.92 Å². The van der Waals surface area contributed by atoms with Crippen LogP contribution in [0.25, 0.3) is 0 Å². The van der Waals surface area contributed by atoms with Crippen LogP contribution in [0.1, 0.15) is 5.56 Å². The quantitative estimate of drug-likeness (QED) is 0.428. The first-order valence-corrected chi connectivity index (χ1v) is 5.50. The Hall–Kier alpha value is -1.48. The number of nitrogens with zero attached hydrogens (tertiary/aromatic N) is 2. The predicted octanol–water partition coefficient (Wildman–Crippen LogP) is -1.78. The van der Waals surface area contributed by atoms with E-state index in [4.69, 9.17) is 15.6 Å². The van der Waals surface area contributed by atoms with E-state index in [-0.39, 0.29) is 6.61 Å². The Bertz CT molecular complexity index is 430. The van der Waals surface area contributed by atoms with Crippen LogP contribution in [0.2, 0.25) is 0 Å². The van der Waals surface area contributed by atoms with Crippen LogP contribution in [0.15, 0.2) is 6.33 Å². The normalized spacial score (nSPS) is 31.6. The summed E-state index contributed by atoms with van der Waals surface area (Å²) in [6.07, 6.45) is -2.70. The van der Waals surface area contributed by atoms with Crippen LogP contribution < -0.4 is 11.1 Å². The largest absolute Gasteiger partial charge is 0.394 e. The van der Waals surface area contributed by atoms with Crippen LogP contribution >= 0.6 is 0 Å². The van der Waals surface area contributed by atoms with Crippen LogP contribution in [-0.2, 0) is 4.74 Å². The van der Waals surface area contributed by atoms with Crippen LogP contribution in [0.3, 0.4) is 0 Å². The molecule has 0 spiro atoms. The molecule has 0 amide bonds. The van der Waals surface area contributed by atoms with E-state index in [1.807, 2.05) is 0 Å². The number of aromatic nitrogens is 2. The highest BCUT2D eigenvalue weighted by Gasteiger charge is 2.42. The number of nitrogen functional groups attached to an aromatic ring is 1. The maximum atomic E-state index is 9.76. The van der Waals surface area contributed by atoms with E-state index in [0.29, 0.717) is 17.2 Å². The third-order valence-electron chi connectivity index (χ3n) is 2.94. The van der Waals surface area contributed by atoms with Crippen LogP contribution in [-0.4, -0.2) is 56.4 Å². The summed E-state index contributed by atoms with van der Waals surface area (Å²) in [5.41, 5.74) is 6.25. The maximum absolute atomic E-state index is 9.76. The van der Waals surface area contributed by atoms with Crippen LogP contribution in [0, 0.1) is 6.92 Å². The molecule has 6 N–H and O–H groups in total. The second-order valence-corrected chi connectivity index (χ2v) is 4.14. The van der Waals surface area contributed by atoms with Gasteiger partial charge in [0, 0.05) is 5.56 Å². The molecule has 1 aromatic rings. The minimum Gasteiger partial charge on any atom is -0.394 e. The van der Waals surface area contributed by atoms with Gasteiger partial charge in [0.25, 0.3) is 0 Å². The lowest BCUT2D eigenvalue weighted by Crippen LogP contribution is -2.36. The second-order valence-electron chi connectivity index (χ2n) is 4.14. The monoisotopic (exact) mass is 256 g/mol. The number of nitrogens with two attached hydrogens (primary N) is 1. The summed E-state index contributed by atoms with van der Waals surface area (Å²) in [6, 6.07) is 0. The molecule has 1 aliphatic rings. The Labute approximate surface area is 103 Å². The van der Waals surface area contributed by atoms with Gasteiger partial charge in [-0.25, -0.2) is 9.97 Å². The number of aliphatic hydroxyl groups is 3. The Kier molecular flexibility index (Phi) is 3.62. The summed E-state index contributed by atoms with van der Waals surface area (Å²) in [4.78, 5) is 7.79. The average Bonchev–Trinajstić information content (AvgIpc) is 2.63. The predicted molar refractivity (Wildman–Crippen MR) is 62.6 cm³/mol. The van der Waals surface area contributed by atoms with Crippen molar-refractivity contribution < 1.29 is 20.1 Å². The molecule has 0 aromatic carbocycles. The third-order valence-corrected chi connectivity index (χ3v) is 2.94. The van der Waals surface area contributed by atoms with E-state index in [9.17, 15) is 10.2 Å². The van der Waals surface area contributed by atoms with Gasteiger partial charge in [0.15, 0.2) is 6.23 Å². The van der Waals surface area contributed by atoms with E-state index in [2.05, 4.69) is 15.3 Å². The molecule has 0 saturated carbocycles. The zero-order valence-corrected chi connectivity index (χ0v) is 9.82. The molecule has 1 saturated heterocycles. The molecule has 0 bridgehead atoms. The highest BCUT2D eigenvalue weighted by Crippen LogP contribution is 2.24. The SMILES string of the molecule is Cc1c(N)ncnc1N[C@@H]1O[C@H](CO)[C@@H](O)[C@H]1O. The third kappa shape index (κ3) is 2.23. The van der Waals surface area contributed by atoms with Crippen molar-refractivity contribution in [3.05, 3.63) is 11.9 Å². The van der Waals surface area contributed by atoms with Gasteiger partial charge in [-0.1, -0.05) is 0 Å². The van der Waals surface area contributed by atoms with E-state index < -0.39 is 24.5 Å². The molecule has 1 aromatic heterocycles. The van der Waals surface area contributed by atoms with Gasteiger partial charge in [-0.2, -0.15) is 0 Å². The van der Waals surface area contributed by atoms with Crippen molar-refractivity contribution >= 4 is 11.6 Å². The van der Waals surface area contributed by atoms with Crippen molar-refractivity contribution in [1.29, 1.82) is 0 Å². The smallest absolute Gasteiger partial charge is 0.158 e. The number of aliphatic hydroxyl groups excluding tert-OH is 3. The van der Waals surface area contributed by atoms with Gasteiger partial charge in [-0.05, 0) is 6.92 Å². The first kappa shape index (κ1) is 13.0. The molecule has 8 heteroatoms. The first-order valence-electron chi connectivity index (χ1n) is 5.50. The summed E-state index contributed by atoms with van der Waals surface area (Å²) >= 11 is 0. The van der Waals surface area contributed by atoms with Crippen LogP contribution in [0.4, 0.5) is 11.6 Å². The fraction of sp³-hybridized carbons (Fsp3) is 0.600. The Morgan fingerprint density at radius 1 is 1.39 bits per heavy atom. The lowest BCUT2D eigenvalue weighted by atomic mass is 10.1. The van der Waals surface area contributed by atoms with Gasteiger partial charge in [-0.3, -0.25) is 0 Å². The highest BCUT2D eigenvalue weighted by atomic mass is 16.6. The molecule has 8 nitrogen and oxygen atoms in total. The number of anilines is 2. The molecule has 0 radical (unpaired) electrons. The molecule has 4 atom stereocenters. The van der Waals surface area contributed by atoms with E-state index in [1.165, 1.54) is 6.33 Å². The van der Waals surface area contributed by atoms with Crippen LogP contribution in [0.5, 0.6) is 0 Å². The molecule has 2 rings (SSSR count). The van der Waals surface area contributed by atoms with Gasteiger partial charge < -0.3 is 31.1 Å². The minimum atomic E-state index is -1.15. The maximum Gasteiger partial charge on any atom is 0.158 e. The summed E-state index contributed by atoms with van der Waals surface area (Å²) < 4.78 is 5.27. The zero-order chi connectivity index (χ0) is 13.3. The fourth-order valence-corrected chi connectivity index (χ4v) is 1.76. The van der Waals surface area contributed by atoms with Crippen molar-refractivity contribution in [2.45, 2.75) is 31.5 Å². The summed E-state index contributed by atoms with van der Waals surface area (Å²) in [7, 11) is 0. The molecule has 100 valence electrons. The van der Waals surface area contributed by atoms with Gasteiger partial charge in [0.1, 0.15) is 36.3 Å². The molecular formula is C10H16N4O4. The van der Waals surface area contributed by atoms with Crippen molar-refractivity contribution in [2.24, 2.45) is 0 Å². The fourth-order valence-electron chi connectivity index (χ4n) is 1.76. The number of nitrogens with one attached hydrogen (secondary N) is 1. The number of hydrogen-bond donors (Lipinski definition) is 5. The lowest BCUT2D eigenvalue weighted by Gasteiger charge is -2.18. The number of rotatable bonds is 3. The van der Waals surface area contributed by atoms with E-state index >= 15 is 0 Å². The summed E-state index contributed by atoms with van der Waals surface area (Å²) in [5.74, 6) is 0.733. The number of ether oxygens (including phenoxy) is 1. The minimum absolute atomic E-state index is 0.319. The standard InChI is InChI=1S/C10H16N4O4/c1-4-8(11)12-3-13-9(4)14-10-7(17)6(16)5(2-15)18-10/h3,5-7,10,15-17H,2H2,1H3,(H3,11,12,13,14)/t5-,6-,7-,10-/m1/s1. The molecule has 0 unspecified atom stereocenters. The van der Waals surface area contributed by atoms with Crippen molar-refractivity contribution in [3.8, 4) is 0 Å². The van der Waals surface area contributed by atoms with Gasteiger partial charge >= 0.3 is 0 Å². The Morgan fingerprint density at radius 3 is 2.72 bits per heavy atom. The van der Waals surface area contributed by atoms with Crippen molar-refractivity contribution in [3.63, 3.8) is 0 Å². The topological polar surface area (TPSA) is 134 Å². The van der Waals surface area contributed by atoms with Gasteiger partial charge in [0.05, 0.1) is 6.61 Å². The molecule has 18 heavy (non-hydrogen) atoms. The Morgan fingerprint density at radius 2 is 2.11 bits per heavy atom. The van der Waals surface area contributed by atoms with Crippen molar-refractivity contribution in [2.75, 3.05) is 17.7 Å². The molecular weight excluding hydrogens is 240 g/mol.